The van der Waals surface area contributed by atoms with Crippen molar-refractivity contribution < 1.29 is 4.42 Å². The average molecular weight is 305 g/mol. The number of benzene rings is 2. The molecule has 3 aromatic rings. The van der Waals surface area contributed by atoms with Crippen LogP contribution in [0, 0.1) is 0 Å². The molecule has 0 saturated carbocycles. The largest absolute Gasteiger partial charge is 0.431 e. The van der Waals surface area contributed by atoms with E-state index in [4.69, 9.17) is 21.8 Å². The molecule has 0 radical (unpaired) electrons. The molecule has 0 aliphatic heterocycles. The van der Waals surface area contributed by atoms with Gasteiger partial charge in [-0.15, -0.1) is 0 Å². The number of hydrogen-bond acceptors (Lipinski definition) is 4. The van der Waals surface area contributed by atoms with Crippen molar-refractivity contribution in [3.05, 3.63) is 53.1 Å². The quantitative estimate of drug-likeness (QED) is 0.787. The van der Waals surface area contributed by atoms with Crippen LogP contribution in [0.3, 0.4) is 0 Å². The lowest BCUT2D eigenvalue weighted by molar-refractivity contribution is 0.489. The lowest BCUT2D eigenvalue weighted by Gasteiger charge is -2.06. The molecule has 20 heavy (non-hydrogen) atoms. The average Bonchev–Trinajstić information content (AvgIpc) is 2.84. The molecule has 0 fully saturated rings. The fourth-order valence-corrected chi connectivity index (χ4v) is 3.16. The highest BCUT2D eigenvalue weighted by molar-refractivity contribution is 7.99. The minimum atomic E-state index is 0.600. The standard InChI is InChI=1S/C15H13ClN2OS/c16-11-6-5-10(7-8-17)14(9-11)20-15-18-12-3-1-2-4-13(12)19-15/h1-6,9H,7-8,17H2. The first-order chi connectivity index (χ1) is 9.76. The second kappa shape index (κ2) is 5.87. The summed E-state index contributed by atoms with van der Waals surface area (Å²) in [5.74, 6) is 0. The van der Waals surface area contributed by atoms with E-state index < -0.39 is 0 Å². The van der Waals surface area contributed by atoms with Gasteiger partial charge in [0.1, 0.15) is 5.52 Å². The summed E-state index contributed by atoms with van der Waals surface area (Å²) in [5, 5.41) is 1.32. The maximum atomic E-state index is 6.07. The Kier molecular flexibility index (Phi) is 3.96. The maximum absolute atomic E-state index is 6.07. The maximum Gasteiger partial charge on any atom is 0.261 e. The highest BCUT2D eigenvalue weighted by atomic mass is 35.5. The lowest BCUT2D eigenvalue weighted by Crippen LogP contribution is -2.03. The molecule has 2 N–H and O–H groups in total. The second-order valence-electron chi connectivity index (χ2n) is 4.34. The van der Waals surface area contributed by atoms with Gasteiger partial charge < -0.3 is 10.2 Å². The first kappa shape index (κ1) is 13.5. The summed E-state index contributed by atoms with van der Waals surface area (Å²) in [7, 11) is 0. The normalized spacial score (nSPS) is 11.1. The van der Waals surface area contributed by atoms with E-state index >= 15 is 0 Å². The van der Waals surface area contributed by atoms with E-state index in [1.165, 1.54) is 11.8 Å². The Hall–Kier alpha value is -1.49. The molecular weight excluding hydrogens is 292 g/mol. The van der Waals surface area contributed by atoms with Crippen LogP contribution in [0.4, 0.5) is 0 Å². The topological polar surface area (TPSA) is 52.0 Å². The molecule has 0 amide bonds. The highest BCUT2D eigenvalue weighted by Gasteiger charge is 2.10. The van der Waals surface area contributed by atoms with Crippen molar-refractivity contribution in [2.24, 2.45) is 5.73 Å². The molecular formula is C15H13ClN2OS. The summed E-state index contributed by atoms with van der Waals surface area (Å²) in [6.45, 7) is 0.600. The van der Waals surface area contributed by atoms with E-state index in [0.717, 1.165) is 28.0 Å². The number of para-hydroxylation sites is 2. The van der Waals surface area contributed by atoms with Gasteiger partial charge in [0.25, 0.3) is 5.22 Å². The van der Waals surface area contributed by atoms with Gasteiger partial charge in [-0.3, -0.25) is 0 Å². The van der Waals surface area contributed by atoms with Crippen molar-refractivity contribution >= 4 is 34.5 Å². The first-order valence-electron chi connectivity index (χ1n) is 6.28. The Morgan fingerprint density at radius 1 is 1.20 bits per heavy atom. The molecule has 0 aliphatic carbocycles. The van der Waals surface area contributed by atoms with Gasteiger partial charge in [-0.25, -0.2) is 4.98 Å². The molecule has 0 atom stereocenters. The predicted octanol–water partition coefficient (Wildman–Crippen LogP) is 4.13. The number of halogens is 1. The van der Waals surface area contributed by atoms with Crippen LogP contribution >= 0.6 is 23.4 Å². The van der Waals surface area contributed by atoms with Gasteiger partial charge in [-0.1, -0.05) is 29.8 Å². The van der Waals surface area contributed by atoms with Gasteiger partial charge in [0.2, 0.25) is 0 Å². The minimum Gasteiger partial charge on any atom is -0.431 e. The number of nitrogens with zero attached hydrogens (tertiary/aromatic N) is 1. The van der Waals surface area contributed by atoms with Crippen molar-refractivity contribution in [1.29, 1.82) is 0 Å². The number of nitrogens with two attached hydrogens (primary N) is 1. The van der Waals surface area contributed by atoms with Crippen molar-refractivity contribution in [3.63, 3.8) is 0 Å². The summed E-state index contributed by atoms with van der Waals surface area (Å²) in [4.78, 5) is 5.50. The van der Waals surface area contributed by atoms with Gasteiger partial charge in [-0.05, 0) is 54.6 Å². The molecule has 102 valence electrons. The molecule has 2 aromatic carbocycles. The fraction of sp³-hybridized carbons (Fsp3) is 0.133. The van der Waals surface area contributed by atoms with Crippen LogP contribution < -0.4 is 5.73 Å². The highest BCUT2D eigenvalue weighted by Crippen LogP contribution is 2.33. The van der Waals surface area contributed by atoms with Gasteiger partial charge in [0.05, 0.1) is 0 Å². The number of rotatable bonds is 4. The molecule has 1 heterocycles. The summed E-state index contributed by atoms with van der Waals surface area (Å²) in [6, 6.07) is 13.5. The van der Waals surface area contributed by atoms with Crippen molar-refractivity contribution in [3.8, 4) is 0 Å². The monoisotopic (exact) mass is 304 g/mol. The fourth-order valence-electron chi connectivity index (χ4n) is 1.97. The Labute approximate surface area is 126 Å². The number of hydrogen-bond donors (Lipinski definition) is 1. The van der Waals surface area contributed by atoms with Crippen molar-refractivity contribution in [2.75, 3.05) is 6.54 Å². The number of fused-ring (bicyclic) bond motifs is 1. The number of oxazole rings is 1. The Morgan fingerprint density at radius 3 is 2.85 bits per heavy atom. The van der Waals surface area contributed by atoms with Crippen molar-refractivity contribution in [2.45, 2.75) is 16.5 Å². The molecule has 0 bridgehead atoms. The van der Waals surface area contributed by atoms with Gasteiger partial charge >= 0.3 is 0 Å². The van der Waals surface area contributed by atoms with E-state index in [2.05, 4.69) is 4.98 Å². The minimum absolute atomic E-state index is 0.600. The van der Waals surface area contributed by atoms with Crippen LogP contribution in [0.2, 0.25) is 5.02 Å². The third kappa shape index (κ3) is 2.82. The molecule has 1 aromatic heterocycles. The Morgan fingerprint density at radius 2 is 2.05 bits per heavy atom. The third-order valence-corrected chi connectivity index (χ3v) is 4.10. The molecule has 3 rings (SSSR count). The lowest BCUT2D eigenvalue weighted by atomic mass is 10.1. The zero-order chi connectivity index (χ0) is 13.9. The van der Waals surface area contributed by atoms with Crippen LogP contribution in [0.25, 0.3) is 11.1 Å². The van der Waals surface area contributed by atoms with E-state index in [-0.39, 0.29) is 0 Å². The summed E-state index contributed by atoms with van der Waals surface area (Å²) in [5.41, 5.74) is 8.45. The van der Waals surface area contributed by atoms with Gasteiger partial charge in [-0.2, -0.15) is 0 Å². The zero-order valence-corrected chi connectivity index (χ0v) is 12.2. The molecule has 0 unspecified atom stereocenters. The molecule has 0 saturated heterocycles. The van der Waals surface area contributed by atoms with Crippen LogP contribution in [0.15, 0.2) is 57.0 Å². The van der Waals surface area contributed by atoms with E-state index in [1.54, 1.807) is 0 Å². The molecule has 5 heteroatoms. The van der Waals surface area contributed by atoms with E-state index in [9.17, 15) is 0 Å². The second-order valence-corrected chi connectivity index (χ2v) is 5.77. The molecule has 3 nitrogen and oxygen atoms in total. The van der Waals surface area contributed by atoms with Crippen molar-refractivity contribution in [1.82, 2.24) is 4.98 Å². The van der Waals surface area contributed by atoms with Gasteiger partial charge in [0, 0.05) is 9.92 Å². The predicted molar refractivity (Wildman–Crippen MR) is 82.3 cm³/mol. The SMILES string of the molecule is NCCc1ccc(Cl)cc1Sc1nc2ccccc2o1. The van der Waals surface area contributed by atoms with Crippen LogP contribution in [-0.4, -0.2) is 11.5 Å². The molecule has 0 aliphatic rings. The van der Waals surface area contributed by atoms with Gasteiger partial charge in [0.15, 0.2) is 5.58 Å². The summed E-state index contributed by atoms with van der Waals surface area (Å²) in [6.07, 6.45) is 0.805. The van der Waals surface area contributed by atoms with Crippen LogP contribution in [0.5, 0.6) is 0 Å². The van der Waals surface area contributed by atoms with Crippen LogP contribution in [0.1, 0.15) is 5.56 Å². The summed E-state index contributed by atoms with van der Waals surface area (Å²) < 4.78 is 5.72. The Balaban J connectivity index is 1.95. The zero-order valence-electron chi connectivity index (χ0n) is 10.7. The Bertz CT molecular complexity index is 709. The van der Waals surface area contributed by atoms with E-state index in [1.807, 2.05) is 42.5 Å². The smallest absolute Gasteiger partial charge is 0.261 e. The third-order valence-electron chi connectivity index (χ3n) is 2.91. The molecule has 0 spiro atoms. The van der Waals surface area contributed by atoms with Crippen LogP contribution in [-0.2, 0) is 6.42 Å². The summed E-state index contributed by atoms with van der Waals surface area (Å²) >= 11 is 7.54. The number of aromatic nitrogens is 1. The first-order valence-corrected chi connectivity index (χ1v) is 7.47. The van der Waals surface area contributed by atoms with E-state index in [0.29, 0.717) is 16.8 Å².